The Morgan fingerprint density at radius 3 is 2.90 bits per heavy atom. The number of pyridine rings is 1. The average molecular weight is 340 g/mol. The summed E-state index contributed by atoms with van der Waals surface area (Å²) in [5, 5.41) is 18.4. The van der Waals surface area contributed by atoms with Gasteiger partial charge in [0.15, 0.2) is 5.69 Å². The zero-order chi connectivity index (χ0) is 14.7. The number of aliphatic carboxylic acids is 1. The van der Waals surface area contributed by atoms with Gasteiger partial charge in [0.1, 0.15) is 12.4 Å². The van der Waals surface area contributed by atoms with Crippen LogP contribution in [0.5, 0.6) is 0 Å². The first-order valence-electron chi connectivity index (χ1n) is 5.51. The van der Waals surface area contributed by atoms with E-state index in [9.17, 15) is 9.59 Å². The summed E-state index contributed by atoms with van der Waals surface area (Å²) >= 11 is 3.28. The lowest BCUT2D eigenvalue weighted by Crippen LogP contribution is -2.14. The Morgan fingerprint density at radius 1 is 1.50 bits per heavy atom. The Labute approximate surface area is 121 Å². The summed E-state index contributed by atoms with van der Waals surface area (Å²) in [6, 6.07) is 1.81. The van der Waals surface area contributed by atoms with Gasteiger partial charge in [-0.2, -0.15) is 0 Å². The largest absolute Gasteiger partial charge is 0.480 e. The molecule has 1 amide bonds. The highest BCUT2D eigenvalue weighted by molar-refractivity contribution is 9.10. The van der Waals surface area contributed by atoms with Gasteiger partial charge in [0.05, 0.1) is 6.20 Å². The van der Waals surface area contributed by atoms with Gasteiger partial charge < -0.3 is 10.4 Å². The quantitative estimate of drug-likeness (QED) is 0.862. The smallest absolute Gasteiger partial charge is 0.325 e. The second-order valence-electron chi connectivity index (χ2n) is 3.97. The number of carboxylic acids is 1. The maximum atomic E-state index is 11.9. The van der Waals surface area contributed by atoms with Crippen LogP contribution in [-0.2, 0) is 11.3 Å². The van der Waals surface area contributed by atoms with E-state index in [1.54, 1.807) is 13.1 Å². The third-order valence-corrected chi connectivity index (χ3v) is 2.78. The molecule has 9 heteroatoms. The lowest BCUT2D eigenvalue weighted by molar-refractivity contribution is -0.137. The van der Waals surface area contributed by atoms with Gasteiger partial charge in [0.25, 0.3) is 5.91 Å². The van der Waals surface area contributed by atoms with Crippen molar-refractivity contribution in [2.24, 2.45) is 0 Å². The molecule has 2 rings (SSSR count). The molecule has 0 spiro atoms. The Bertz CT molecular complexity index is 670. The van der Waals surface area contributed by atoms with Gasteiger partial charge in [-0.25, -0.2) is 9.67 Å². The molecular weight excluding hydrogens is 330 g/mol. The van der Waals surface area contributed by atoms with Crippen LogP contribution in [0, 0.1) is 6.92 Å². The molecule has 8 nitrogen and oxygen atoms in total. The van der Waals surface area contributed by atoms with Crippen molar-refractivity contribution in [2.75, 3.05) is 5.32 Å². The number of halogens is 1. The zero-order valence-corrected chi connectivity index (χ0v) is 12.0. The Hall–Kier alpha value is -2.29. The molecule has 2 aromatic heterocycles. The number of anilines is 1. The van der Waals surface area contributed by atoms with Crippen LogP contribution in [0.4, 0.5) is 5.82 Å². The monoisotopic (exact) mass is 339 g/mol. The molecule has 0 aromatic carbocycles. The second-order valence-corrected chi connectivity index (χ2v) is 4.88. The van der Waals surface area contributed by atoms with E-state index in [4.69, 9.17) is 5.11 Å². The van der Waals surface area contributed by atoms with Gasteiger partial charge >= 0.3 is 5.97 Å². The first-order valence-corrected chi connectivity index (χ1v) is 6.30. The van der Waals surface area contributed by atoms with Crippen molar-refractivity contribution in [2.45, 2.75) is 13.5 Å². The second kappa shape index (κ2) is 5.78. The van der Waals surface area contributed by atoms with E-state index in [0.29, 0.717) is 5.82 Å². The summed E-state index contributed by atoms with van der Waals surface area (Å²) in [5.74, 6) is -1.15. The number of hydrogen-bond donors (Lipinski definition) is 2. The fraction of sp³-hybridized carbons (Fsp3) is 0.182. The van der Waals surface area contributed by atoms with Crippen molar-refractivity contribution in [1.29, 1.82) is 0 Å². The first-order chi connectivity index (χ1) is 9.45. The van der Waals surface area contributed by atoms with Gasteiger partial charge in [-0.05, 0) is 34.5 Å². The highest BCUT2D eigenvalue weighted by Gasteiger charge is 2.13. The van der Waals surface area contributed by atoms with Crippen LogP contribution < -0.4 is 5.32 Å². The van der Waals surface area contributed by atoms with Crippen LogP contribution in [0.25, 0.3) is 0 Å². The number of amides is 1. The fourth-order valence-corrected chi connectivity index (χ4v) is 1.91. The lowest BCUT2D eigenvalue weighted by atomic mass is 10.3. The molecule has 0 radical (unpaired) electrons. The van der Waals surface area contributed by atoms with Crippen LogP contribution in [0.2, 0.25) is 0 Å². The molecular formula is C11H10BrN5O3. The summed E-state index contributed by atoms with van der Waals surface area (Å²) in [6.07, 6.45) is 2.82. The molecule has 0 aliphatic heterocycles. The number of nitrogens with zero attached hydrogens (tertiary/aromatic N) is 4. The van der Waals surface area contributed by atoms with Crippen molar-refractivity contribution in [3.05, 3.63) is 34.2 Å². The number of carbonyl (C=O) groups excluding carboxylic acids is 1. The lowest BCUT2D eigenvalue weighted by Gasteiger charge is -2.05. The SMILES string of the molecule is Cc1cc(Br)cnc1NC(=O)c1cn(CC(=O)O)nn1. The Balaban J connectivity index is 2.11. The maximum Gasteiger partial charge on any atom is 0.325 e. The molecule has 0 atom stereocenters. The highest BCUT2D eigenvalue weighted by atomic mass is 79.9. The summed E-state index contributed by atoms with van der Waals surface area (Å²) in [6.45, 7) is 1.45. The third kappa shape index (κ3) is 3.38. The predicted molar refractivity (Wildman–Crippen MR) is 72.3 cm³/mol. The van der Waals surface area contributed by atoms with E-state index in [1.807, 2.05) is 6.07 Å². The summed E-state index contributed by atoms with van der Waals surface area (Å²) in [4.78, 5) is 26.5. The molecule has 0 unspecified atom stereocenters. The molecule has 104 valence electrons. The summed E-state index contributed by atoms with van der Waals surface area (Å²) < 4.78 is 1.87. The van der Waals surface area contributed by atoms with E-state index >= 15 is 0 Å². The average Bonchev–Trinajstić information content (AvgIpc) is 2.80. The van der Waals surface area contributed by atoms with Crippen LogP contribution in [0.1, 0.15) is 16.1 Å². The zero-order valence-electron chi connectivity index (χ0n) is 10.4. The van der Waals surface area contributed by atoms with Crippen molar-refractivity contribution >= 4 is 33.6 Å². The van der Waals surface area contributed by atoms with Crippen LogP contribution in [-0.4, -0.2) is 37.0 Å². The third-order valence-electron chi connectivity index (χ3n) is 2.35. The topological polar surface area (TPSA) is 110 Å². The van der Waals surface area contributed by atoms with Crippen LogP contribution >= 0.6 is 15.9 Å². The van der Waals surface area contributed by atoms with Crippen LogP contribution in [0.3, 0.4) is 0 Å². The van der Waals surface area contributed by atoms with Crippen LogP contribution in [0.15, 0.2) is 22.9 Å². The van der Waals surface area contributed by atoms with Gasteiger partial charge in [0, 0.05) is 10.7 Å². The molecule has 2 aromatic rings. The van der Waals surface area contributed by atoms with Crippen molar-refractivity contribution in [1.82, 2.24) is 20.0 Å². The highest BCUT2D eigenvalue weighted by Crippen LogP contribution is 2.17. The van der Waals surface area contributed by atoms with Gasteiger partial charge in [0.2, 0.25) is 0 Å². The molecule has 2 N–H and O–H groups in total. The van der Waals surface area contributed by atoms with E-state index in [1.165, 1.54) is 6.20 Å². The summed E-state index contributed by atoms with van der Waals surface area (Å²) in [5.41, 5.74) is 0.807. The van der Waals surface area contributed by atoms with E-state index in [0.717, 1.165) is 14.7 Å². The molecule has 0 aliphatic rings. The molecule has 20 heavy (non-hydrogen) atoms. The Morgan fingerprint density at radius 2 is 2.25 bits per heavy atom. The number of hydrogen-bond acceptors (Lipinski definition) is 5. The minimum atomic E-state index is -1.06. The minimum Gasteiger partial charge on any atom is -0.480 e. The van der Waals surface area contributed by atoms with E-state index < -0.39 is 11.9 Å². The van der Waals surface area contributed by atoms with Gasteiger partial charge in [-0.1, -0.05) is 5.21 Å². The van der Waals surface area contributed by atoms with Gasteiger partial charge in [-0.3, -0.25) is 9.59 Å². The van der Waals surface area contributed by atoms with Gasteiger partial charge in [-0.15, -0.1) is 5.10 Å². The number of carbonyl (C=O) groups is 2. The molecule has 0 saturated heterocycles. The van der Waals surface area contributed by atoms with Crippen molar-refractivity contribution in [3.8, 4) is 0 Å². The first kappa shape index (κ1) is 14.1. The molecule has 0 saturated carbocycles. The molecule has 0 aliphatic carbocycles. The summed E-state index contributed by atoms with van der Waals surface area (Å²) in [7, 11) is 0. The molecule has 2 heterocycles. The Kier molecular flexibility index (Phi) is 4.08. The number of rotatable bonds is 4. The fourth-order valence-electron chi connectivity index (χ4n) is 1.46. The number of nitrogens with one attached hydrogen (secondary N) is 1. The standard InChI is InChI=1S/C11H10BrN5O3/c1-6-2-7(12)3-13-10(6)14-11(20)8-4-17(16-15-8)5-9(18)19/h2-4H,5H2,1H3,(H,18,19)(H,13,14,20). The van der Waals surface area contributed by atoms with Crippen molar-refractivity contribution < 1.29 is 14.7 Å². The normalized spacial score (nSPS) is 10.3. The molecule has 0 fully saturated rings. The maximum absolute atomic E-state index is 11.9. The van der Waals surface area contributed by atoms with E-state index in [2.05, 4.69) is 36.5 Å². The number of aromatic nitrogens is 4. The number of carboxylic acid groups (broad SMARTS) is 1. The van der Waals surface area contributed by atoms with Crippen molar-refractivity contribution in [3.63, 3.8) is 0 Å². The predicted octanol–water partition coefficient (Wildman–Crippen LogP) is 1.08. The minimum absolute atomic E-state index is 0.0235. The molecule has 0 bridgehead atoms. The number of aryl methyl sites for hydroxylation is 1. The van der Waals surface area contributed by atoms with E-state index in [-0.39, 0.29) is 12.2 Å².